The Kier molecular flexibility index (Phi) is 44.4. The van der Waals surface area contributed by atoms with Crippen LogP contribution in [0.5, 0.6) is 0 Å². The Morgan fingerprint density at radius 3 is 1.32 bits per heavy atom. The third kappa shape index (κ3) is 45.6. The topological polar surface area (TPSA) is 134 Å². The fraction of sp³-hybridized carbons (Fsp3) is 0.837. The van der Waals surface area contributed by atoms with E-state index in [1.54, 1.807) is 0 Å². The Bertz CT molecular complexity index is 1060. The molecule has 0 bridgehead atoms. The first-order chi connectivity index (χ1) is 28.8. The highest BCUT2D eigenvalue weighted by atomic mass is 31.2. The quantitative estimate of drug-likeness (QED) is 0.0265. The number of phosphoric acid groups is 1. The van der Waals surface area contributed by atoms with Gasteiger partial charge < -0.3 is 20.1 Å². The van der Waals surface area contributed by atoms with Gasteiger partial charge in [-0.05, 0) is 70.6 Å². The Labute approximate surface area is 363 Å². The lowest BCUT2D eigenvalue weighted by molar-refractivity contribution is -0.161. The van der Waals surface area contributed by atoms with Gasteiger partial charge in [-0.3, -0.25) is 18.6 Å². The number of carbonyl (C=O) groups excluding carboxylic acids is 2. The molecule has 2 unspecified atom stereocenters. The van der Waals surface area contributed by atoms with Gasteiger partial charge in [-0.1, -0.05) is 185 Å². The molecule has 0 heterocycles. The van der Waals surface area contributed by atoms with Crippen LogP contribution >= 0.6 is 7.82 Å². The van der Waals surface area contributed by atoms with Crippen LogP contribution in [0.3, 0.4) is 0 Å². The second-order valence-electron chi connectivity index (χ2n) is 16.3. The number of hydrogen-bond donors (Lipinski definition) is 2. The van der Waals surface area contributed by atoms with Crippen molar-refractivity contribution >= 4 is 19.8 Å². The predicted molar refractivity (Wildman–Crippen MR) is 247 cm³/mol. The van der Waals surface area contributed by atoms with Crippen LogP contribution in [0.2, 0.25) is 0 Å². The van der Waals surface area contributed by atoms with Crippen molar-refractivity contribution in [3.8, 4) is 0 Å². The van der Waals surface area contributed by atoms with Crippen molar-refractivity contribution < 1.29 is 37.6 Å². The van der Waals surface area contributed by atoms with Crippen molar-refractivity contribution in [1.82, 2.24) is 0 Å². The maximum absolute atomic E-state index is 12.6. The van der Waals surface area contributed by atoms with Crippen molar-refractivity contribution in [2.45, 2.75) is 238 Å². The number of phosphoric ester groups is 1. The highest BCUT2D eigenvalue weighted by Crippen LogP contribution is 2.43. The third-order valence-corrected chi connectivity index (χ3v) is 11.5. The summed E-state index contributed by atoms with van der Waals surface area (Å²) in [5.41, 5.74) is 5.36. The Morgan fingerprint density at radius 2 is 0.881 bits per heavy atom. The number of hydrogen-bond acceptors (Lipinski definition) is 8. The first-order valence-corrected chi connectivity index (χ1v) is 26.0. The van der Waals surface area contributed by atoms with Crippen molar-refractivity contribution in [1.29, 1.82) is 0 Å². The molecule has 2 atom stereocenters. The molecule has 0 aromatic carbocycles. The van der Waals surface area contributed by atoms with E-state index in [1.807, 2.05) is 0 Å². The van der Waals surface area contributed by atoms with Gasteiger partial charge in [-0.15, -0.1) is 0 Å². The summed E-state index contributed by atoms with van der Waals surface area (Å²) in [7, 11) is -4.38. The van der Waals surface area contributed by atoms with E-state index in [-0.39, 0.29) is 38.6 Å². The minimum absolute atomic E-state index is 0.0526. The molecule has 0 aliphatic heterocycles. The summed E-state index contributed by atoms with van der Waals surface area (Å²) >= 11 is 0. The maximum atomic E-state index is 12.6. The Balaban J connectivity index is 4.01. The molecule has 0 aliphatic rings. The van der Waals surface area contributed by atoms with Gasteiger partial charge in [0.05, 0.1) is 13.2 Å². The molecule has 9 nitrogen and oxygen atoms in total. The van der Waals surface area contributed by atoms with Crippen molar-refractivity contribution in [2.75, 3.05) is 26.4 Å². The standard InChI is InChI=1S/C49H92NO8P/c1-3-5-7-9-11-13-15-17-18-19-20-21-22-23-24-25-26-27-28-30-32-34-36-38-40-42-49(52)58-47(46-57-59(53,54)56-44-43-50)45-55-48(51)41-39-37-35-33-31-29-16-14-12-10-8-6-4-2/h14-17,19-20,47H,3-13,18,21-46,50H2,1-2H3,(H,53,54)/b16-14-,17-15-,20-19-. The van der Waals surface area contributed by atoms with Crippen molar-refractivity contribution in [2.24, 2.45) is 5.73 Å². The van der Waals surface area contributed by atoms with Crippen molar-refractivity contribution in [3.63, 3.8) is 0 Å². The number of nitrogens with two attached hydrogens (primary N) is 1. The fourth-order valence-corrected chi connectivity index (χ4v) is 7.60. The molecule has 0 aromatic rings. The number of ether oxygens (including phenoxy) is 2. The molecule has 10 heteroatoms. The molecule has 0 amide bonds. The van der Waals surface area contributed by atoms with Gasteiger partial charge in [-0.25, -0.2) is 4.57 Å². The smallest absolute Gasteiger partial charge is 0.462 e. The summed E-state index contributed by atoms with van der Waals surface area (Å²) in [4.78, 5) is 34.9. The minimum atomic E-state index is -4.38. The second kappa shape index (κ2) is 45.7. The largest absolute Gasteiger partial charge is 0.472 e. The molecule has 0 radical (unpaired) electrons. The van der Waals surface area contributed by atoms with E-state index in [0.29, 0.717) is 6.42 Å². The van der Waals surface area contributed by atoms with E-state index in [0.717, 1.165) is 64.2 Å². The number of unbranched alkanes of at least 4 members (excludes halogenated alkanes) is 27. The Morgan fingerprint density at radius 1 is 0.508 bits per heavy atom. The highest BCUT2D eigenvalue weighted by molar-refractivity contribution is 7.47. The van der Waals surface area contributed by atoms with Crippen LogP contribution in [0.1, 0.15) is 232 Å². The lowest BCUT2D eigenvalue weighted by Gasteiger charge is -2.19. The lowest BCUT2D eigenvalue weighted by Crippen LogP contribution is -2.29. The summed E-state index contributed by atoms with van der Waals surface area (Å²) < 4.78 is 32.8. The highest BCUT2D eigenvalue weighted by Gasteiger charge is 2.26. The molecule has 0 aliphatic carbocycles. The van der Waals surface area contributed by atoms with Crippen LogP contribution in [-0.2, 0) is 32.7 Å². The number of rotatable bonds is 46. The first kappa shape index (κ1) is 57.2. The SMILES string of the molecule is CCCCCC/C=C\CCCCCCCC(=O)OCC(COP(=O)(O)OCCN)OC(=O)CCCCCCCCCCCCCCC/C=C\C/C=C\CCCCCCC. The second-order valence-corrected chi connectivity index (χ2v) is 17.8. The molecular weight excluding hydrogens is 762 g/mol. The average molecular weight is 854 g/mol. The van der Waals surface area contributed by atoms with Gasteiger partial charge >= 0.3 is 19.8 Å². The number of carbonyl (C=O) groups is 2. The van der Waals surface area contributed by atoms with E-state index in [1.165, 1.54) is 135 Å². The fourth-order valence-electron chi connectivity index (χ4n) is 6.84. The van der Waals surface area contributed by atoms with Crippen LogP contribution < -0.4 is 5.73 Å². The zero-order valence-electron chi connectivity index (χ0n) is 38.2. The van der Waals surface area contributed by atoms with Crippen molar-refractivity contribution in [3.05, 3.63) is 36.5 Å². The molecule has 3 N–H and O–H groups in total. The summed E-state index contributed by atoms with van der Waals surface area (Å²) in [5, 5.41) is 0. The summed E-state index contributed by atoms with van der Waals surface area (Å²) in [5.74, 6) is -0.834. The average Bonchev–Trinajstić information content (AvgIpc) is 3.22. The predicted octanol–water partition coefficient (Wildman–Crippen LogP) is 14.5. The monoisotopic (exact) mass is 854 g/mol. The molecule has 0 spiro atoms. The first-order valence-electron chi connectivity index (χ1n) is 24.5. The van der Waals surface area contributed by atoms with Crippen LogP contribution in [0.4, 0.5) is 0 Å². The molecule has 346 valence electrons. The minimum Gasteiger partial charge on any atom is -0.462 e. The third-order valence-electron chi connectivity index (χ3n) is 10.5. The molecule has 0 rings (SSSR count). The van der Waals surface area contributed by atoms with E-state index >= 15 is 0 Å². The van der Waals surface area contributed by atoms with E-state index in [2.05, 4.69) is 50.3 Å². The zero-order chi connectivity index (χ0) is 43.2. The van der Waals surface area contributed by atoms with Gasteiger partial charge in [0.2, 0.25) is 0 Å². The molecular formula is C49H92NO8P. The summed E-state index contributed by atoms with van der Waals surface area (Å²) in [6.45, 7) is 3.72. The number of allylic oxidation sites excluding steroid dienone is 6. The molecule has 0 saturated heterocycles. The maximum Gasteiger partial charge on any atom is 0.472 e. The van der Waals surface area contributed by atoms with E-state index in [4.69, 9.17) is 24.3 Å². The zero-order valence-corrected chi connectivity index (χ0v) is 39.1. The van der Waals surface area contributed by atoms with Crippen LogP contribution in [0.25, 0.3) is 0 Å². The van der Waals surface area contributed by atoms with Gasteiger partial charge in [-0.2, -0.15) is 0 Å². The number of esters is 2. The lowest BCUT2D eigenvalue weighted by atomic mass is 10.0. The summed E-state index contributed by atoms with van der Waals surface area (Å²) in [6, 6.07) is 0. The summed E-state index contributed by atoms with van der Waals surface area (Å²) in [6.07, 6.45) is 51.8. The van der Waals surface area contributed by atoms with Gasteiger partial charge in [0, 0.05) is 19.4 Å². The van der Waals surface area contributed by atoms with Gasteiger partial charge in [0.1, 0.15) is 6.61 Å². The normalized spacial score (nSPS) is 13.5. The van der Waals surface area contributed by atoms with Crippen LogP contribution in [0, 0.1) is 0 Å². The molecule has 0 aromatic heterocycles. The van der Waals surface area contributed by atoms with Gasteiger partial charge in [0.15, 0.2) is 6.10 Å². The van der Waals surface area contributed by atoms with Crippen LogP contribution in [0.15, 0.2) is 36.5 Å². The van der Waals surface area contributed by atoms with Gasteiger partial charge in [0.25, 0.3) is 0 Å². The van der Waals surface area contributed by atoms with Crippen LogP contribution in [-0.4, -0.2) is 49.3 Å². The molecule has 59 heavy (non-hydrogen) atoms. The Hall–Kier alpha value is -1.77. The van der Waals surface area contributed by atoms with E-state index in [9.17, 15) is 19.0 Å². The molecule has 0 fully saturated rings. The van der Waals surface area contributed by atoms with E-state index < -0.39 is 26.5 Å². The molecule has 0 saturated carbocycles.